The van der Waals surface area contributed by atoms with E-state index < -0.39 is 5.97 Å². The summed E-state index contributed by atoms with van der Waals surface area (Å²) in [7, 11) is 0. The highest BCUT2D eigenvalue weighted by Gasteiger charge is 2.27. The zero-order valence-corrected chi connectivity index (χ0v) is 12.9. The van der Waals surface area contributed by atoms with Crippen LogP contribution < -0.4 is 0 Å². The lowest BCUT2D eigenvalue weighted by Gasteiger charge is -2.13. The third-order valence-corrected chi connectivity index (χ3v) is 4.06. The van der Waals surface area contributed by atoms with Crippen LogP contribution in [0.2, 0.25) is 0 Å². The lowest BCUT2D eigenvalue weighted by atomic mass is 9.92. The number of nitriles is 1. The van der Waals surface area contributed by atoms with Crippen LogP contribution >= 0.6 is 0 Å². The minimum Gasteiger partial charge on any atom is -0.462 e. The maximum atomic E-state index is 11.8. The fourth-order valence-electron chi connectivity index (χ4n) is 3.01. The van der Waals surface area contributed by atoms with Gasteiger partial charge in [-0.2, -0.15) is 5.26 Å². The van der Waals surface area contributed by atoms with Gasteiger partial charge in [0.2, 0.25) is 0 Å². The Kier molecular flexibility index (Phi) is 8.02. The molecule has 1 atom stereocenters. The number of carbonyl (C=O) groups is 1. The maximum Gasteiger partial charge on any atom is 0.348 e. The van der Waals surface area contributed by atoms with E-state index in [-0.39, 0.29) is 5.57 Å². The van der Waals surface area contributed by atoms with Crippen LogP contribution in [0.5, 0.6) is 0 Å². The molecule has 0 aromatic carbocycles. The predicted octanol–water partition coefficient (Wildman–Crippen LogP) is 4.53. The molecule has 1 unspecified atom stereocenters. The smallest absolute Gasteiger partial charge is 0.348 e. The minimum absolute atomic E-state index is 0.280. The number of allylic oxidation sites excluding steroid dienone is 1. The molecule has 0 N–H and O–H groups in total. The van der Waals surface area contributed by atoms with Crippen molar-refractivity contribution in [2.45, 2.75) is 71.6 Å². The molecule has 0 spiro atoms. The van der Waals surface area contributed by atoms with Gasteiger partial charge in [0, 0.05) is 0 Å². The zero-order valence-electron chi connectivity index (χ0n) is 12.9. The van der Waals surface area contributed by atoms with Crippen LogP contribution in [0.25, 0.3) is 0 Å². The molecule has 0 aromatic heterocycles. The van der Waals surface area contributed by atoms with Crippen LogP contribution in [0, 0.1) is 17.2 Å². The molecule has 3 heteroatoms. The maximum absolute atomic E-state index is 11.8. The molecule has 0 heterocycles. The van der Waals surface area contributed by atoms with Crippen LogP contribution in [-0.4, -0.2) is 12.6 Å². The van der Waals surface area contributed by atoms with Gasteiger partial charge in [-0.1, -0.05) is 39.0 Å². The Morgan fingerprint density at radius 1 is 1.30 bits per heavy atom. The van der Waals surface area contributed by atoms with Crippen molar-refractivity contribution in [2.75, 3.05) is 6.61 Å². The van der Waals surface area contributed by atoms with Gasteiger partial charge >= 0.3 is 5.97 Å². The summed E-state index contributed by atoms with van der Waals surface area (Å²) in [5, 5.41) is 9.23. The lowest BCUT2D eigenvalue weighted by molar-refractivity contribution is -0.138. The summed E-state index contributed by atoms with van der Waals surface area (Å²) in [4.78, 5) is 11.8. The summed E-state index contributed by atoms with van der Waals surface area (Å²) in [6, 6.07) is 2.07. The van der Waals surface area contributed by atoms with Crippen molar-refractivity contribution >= 4 is 5.97 Å². The number of hydrogen-bond acceptors (Lipinski definition) is 3. The monoisotopic (exact) mass is 277 g/mol. The van der Waals surface area contributed by atoms with E-state index in [1.54, 1.807) is 6.92 Å². The summed E-state index contributed by atoms with van der Waals surface area (Å²) in [6.07, 6.45) is 10.5. The number of unbranched alkanes of at least 4 members (excludes halogenated alkanes) is 4. The zero-order chi connectivity index (χ0) is 14.8. The number of nitrogens with zero attached hydrogens (tertiary/aromatic N) is 1. The van der Waals surface area contributed by atoms with Gasteiger partial charge in [-0.15, -0.1) is 0 Å². The van der Waals surface area contributed by atoms with Crippen LogP contribution in [0.3, 0.4) is 0 Å². The summed E-state index contributed by atoms with van der Waals surface area (Å²) in [5.74, 6) is -0.00133. The largest absolute Gasteiger partial charge is 0.462 e. The Morgan fingerprint density at radius 3 is 2.70 bits per heavy atom. The molecule has 1 aliphatic carbocycles. The second-order valence-electron chi connectivity index (χ2n) is 5.52. The highest BCUT2D eigenvalue weighted by molar-refractivity contribution is 5.93. The molecule has 3 nitrogen and oxygen atoms in total. The van der Waals surface area contributed by atoms with E-state index in [0.29, 0.717) is 12.5 Å². The van der Waals surface area contributed by atoms with E-state index in [2.05, 4.69) is 13.0 Å². The molecule has 0 aliphatic heterocycles. The molecule has 0 saturated heterocycles. The summed E-state index contributed by atoms with van der Waals surface area (Å²) in [6.45, 7) is 4.33. The first-order chi connectivity index (χ1) is 9.74. The van der Waals surface area contributed by atoms with Gasteiger partial charge in [-0.25, -0.2) is 4.79 Å². The number of hydrogen-bond donors (Lipinski definition) is 0. The van der Waals surface area contributed by atoms with Crippen molar-refractivity contribution in [3.05, 3.63) is 11.1 Å². The van der Waals surface area contributed by atoms with Gasteiger partial charge in [0.15, 0.2) is 0 Å². The van der Waals surface area contributed by atoms with Crippen molar-refractivity contribution in [3.63, 3.8) is 0 Å². The van der Waals surface area contributed by atoms with Crippen molar-refractivity contribution in [3.8, 4) is 6.07 Å². The average molecular weight is 277 g/mol. The molecule has 0 radical (unpaired) electrons. The molecule has 1 saturated carbocycles. The van der Waals surface area contributed by atoms with Gasteiger partial charge in [0.05, 0.1) is 6.61 Å². The van der Waals surface area contributed by atoms with E-state index in [4.69, 9.17) is 4.74 Å². The molecule has 112 valence electrons. The molecule has 20 heavy (non-hydrogen) atoms. The summed E-state index contributed by atoms with van der Waals surface area (Å²) < 4.78 is 4.99. The third-order valence-electron chi connectivity index (χ3n) is 4.06. The topological polar surface area (TPSA) is 50.1 Å². The second kappa shape index (κ2) is 9.58. The summed E-state index contributed by atoms with van der Waals surface area (Å²) in [5.41, 5.74) is 1.34. The second-order valence-corrected chi connectivity index (χ2v) is 5.52. The van der Waals surface area contributed by atoms with Gasteiger partial charge in [0.25, 0.3) is 0 Å². The van der Waals surface area contributed by atoms with Crippen molar-refractivity contribution < 1.29 is 9.53 Å². The van der Waals surface area contributed by atoms with Crippen molar-refractivity contribution in [2.24, 2.45) is 5.92 Å². The van der Waals surface area contributed by atoms with Gasteiger partial charge in [-0.05, 0) is 44.1 Å². The molecular weight excluding hydrogens is 250 g/mol. The Labute approximate surface area is 123 Å². The number of rotatable bonds is 8. The Hall–Kier alpha value is -1.30. The van der Waals surface area contributed by atoms with Crippen LogP contribution in [0.4, 0.5) is 0 Å². The van der Waals surface area contributed by atoms with Gasteiger partial charge < -0.3 is 4.74 Å². The first-order valence-electron chi connectivity index (χ1n) is 8.04. The lowest BCUT2D eigenvalue weighted by Crippen LogP contribution is -2.11. The SMILES string of the molecule is CCCCCCCC1CCC/C1=C(/C#N)C(=O)OCC. The Bertz CT molecular complexity index is 379. The quantitative estimate of drug-likeness (QED) is 0.283. The predicted molar refractivity (Wildman–Crippen MR) is 80.0 cm³/mol. The van der Waals surface area contributed by atoms with E-state index in [0.717, 1.165) is 31.3 Å². The van der Waals surface area contributed by atoms with Crippen LogP contribution in [-0.2, 0) is 9.53 Å². The molecular formula is C17H27NO2. The fourth-order valence-corrected chi connectivity index (χ4v) is 3.01. The normalized spacial score (nSPS) is 20.6. The molecule has 0 aromatic rings. The van der Waals surface area contributed by atoms with Crippen molar-refractivity contribution in [1.29, 1.82) is 5.26 Å². The van der Waals surface area contributed by atoms with E-state index >= 15 is 0 Å². The van der Waals surface area contributed by atoms with E-state index in [9.17, 15) is 10.1 Å². The average Bonchev–Trinajstić information content (AvgIpc) is 2.88. The van der Waals surface area contributed by atoms with Gasteiger partial charge in [0.1, 0.15) is 11.6 Å². The molecule has 0 bridgehead atoms. The highest BCUT2D eigenvalue weighted by Crippen LogP contribution is 2.37. The first-order valence-corrected chi connectivity index (χ1v) is 8.04. The molecule has 1 fully saturated rings. The van der Waals surface area contributed by atoms with Crippen LogP contribution in [0.1, 0.15) is 71.6 Å². The highest BCUT2D eigenvalue weighted by atomic mass is 16.5. The minimum atomic E-state index is -0.428. The number of esters is 1. The van der Waals surface area contributed by atoms with E-state index in [1.165, 1.54) is 32.1 Å². The van der Waals surface area contributed by atoms with Crippen LogP contribution in [0.15, 0.2) is 11.1 Å². The molecule has 1 aliphatic rings. The number of ether oxygens (including phenoxy) is 1. The molecule has 0 amide bonds. The standard InChI is InChI=1S/C17H27NO2/c1-3-5-6-7-8-10-14-11-9-12-15(14)16(13-18)17(19)20-4-2/h14H,3-12H2,1-2H3/b16-15+. The Morgan fingerprint density at radius 2 is 2.05 bits per heavy atom. The van der Waals surface area contributed by atoms with Crippen molar-refractivity contribution in [1.82, 2.24) is 0 Å². The third kappa shape index (κ3) is 5.00. The number of carbonyl (C=O) groups excluding carboxylic acids is 1. The van der Waals surface area contributed by atoms with E-state index in [1.807, 2.05) is 0 Å². The first kappa shape index (κ1) is 16.8. The van der Waals surface area contributed by atoms with Gasteiger partial charge in [-0.3, -0.25) is 0 Å². The fraction of sp³-hybridized carbons (Fsp3) is 0.765. The summed E-state index contributed by atoms with van der Waals surface area (Å²) >= 11 is 0. The molecule has 1 rings (SSSR count). The Balaban J connectivity index is 2.58.